The van der Waals surface area contributed by atoms with Crippen LogP contribution < -0.4 is 16.5 Å². The van der Waals surface area contributed by atoms with Gasteiger partial charge in [-0.05, 0) is 79.8 Å². The van der Waals surface area contributed by atoms with Crippen molar-refractivity contribution in [1.82, 2.24) is 20.3 Å². The Bertz CT molecular complexity index is 1620. The predicted octanol–water partition coefficient (Wildman–Crippen LogP) is 8.24. The molecule has 0 atom stereocenters. The molecule has 0 saturated carbocycles. The molecule has 0 saturated heterocycles. The highest BCUT2D eigenvalue weighted by Gasteiger charge is 2.30. The number of nitrogens with two attached hydrogens (primary N) is 1. The van der Waals surface area contributed by atoms with E-state index in [0.29, 0.717) is 64.3 Å². The zero-order valence-corrected chi connectivity index (χ0v) is 26.9. The Morgan fingerprint density at radius 3 is 2.37 bits per heavy atom. The Labute approximate surface area is 276 Å². The van der Waals surface area contributed by atoms with E-state index in [1.165, 1.54) is 12.1 Å². The van der Waals surface area contributed by atoms with Crippen LogP contribution >= 0.6 is 23.2 Å². The van der Waals surface area contributed by atoms with Gasteiger partial charge in [-0.15, -0.1) is 0 Å². The Morgan fingerprint density at radius 1 is 1.00 bits per heavy atom. The number of allylic oxidation sites excluding steroid dienone is 1. The molecule has 1 amide bonds. The van der Waals surface area contributed by atoms with E-state index in [9.17, 15) is 18.0 Å². The summed E-state index contributed by atoms with van der Waals surface area (Å²) in [5.41, 5.74) is 11.3. The fourth-order valence-corrected chi connectivity index (χ4v) is 5.22. The van der Waals surface area contributed by atoms with Gasteiger partial charge in [0, 0.05) is 29.4 Å². The Balaban J connectivity index is 1.39. The molecular weight excluding hydrogens is 638 g/mol. The highest BCUT2D eigenvalue weighted by atomic mass is 35.5. The van der Waals surface area contributed by atoms with Crippen molar-refractivity contribution in [2.45, 2.75) is 45.2 Å². The number of carbonyl (C=O) groups is 1. The largest absolute Gasteiger partial charge is 0.416 e. The summed E-state index contributed by atoms with van der Waals surface area (Å²) in [4.78, 5) is 23.5. The number of unbranched alkanes of at least 4 members (excludes halogenated alkanes) is 3. The zero-order valence-electron chi connectivity index (χ0n) is 25.3. The summed E-state index contributed by atoms with van der Waals surface area (Å²) >= 11 is 12.7. The highest BCUT2D eigenvalue weighted by molar-refractivity contribution is 6.33. The summed E-state index contributed by atoms with van der Waals surface area (Å²) in [6.45, 7) is 2.96. The molecule has 0 aliphatic rings. The van der Waals surface area contributed by atoms with Gasteiger partial charge in [0.2, 0.25) is 0 Å². The maximum Gasteiger partial charge on any atom is 0.416 e. The topological polar surface area (TPSA) is 94.2 Å². The van der Waals surface area contributed by atoms with E-state index in [0.717, 1.165) is 42.8 Å². The monoisotopic (exact) mass is 673 g/mol. The van der Waals surface area contributed by atoms with Crippen LogP contribution in [0.3, 0.4) is 0 Å². The molecule has 1 heterocycles. The normalized spacial score (nSPS) is 11.9. The van der Waals surface area contributed by atoms with Gasteiger partial charge in [0.1, 0.15) is 11.5 Å². The van der Waals surface area contributed by atoms with E-state index in [4.69, 9.17) is 38.8 Å². The number of nitrogens with zero attached hydrogens (tertiary/aromatic N) is 2. The first-order valence-corrected chi connectivity index (χ1v) is 15.8. The molecule has 0 spiro atoms. The average Bonchev–Trinajstić information content (AvgIpc) is 3.43. The first-order chi connectivity index (χ1) is 22.1. The van der Waals surface area contributed by atoms with Crippen LogP contribution in [0.4, 0.5) is 13.2 Å². The SMILES string of the molecule is CCc1c(C(=O)NCCCCCC=C(NOCCN)c2ccc(C(F)(F)F)cc2)nc(-c2ccccc2Cl)n1-c1ccc(Cl)cc1. The summed E-state index contributed by atoms with van der Waals surface area (Å²) in [6.07, 6.45) is 1.00. The molecule has 4 aromatic rings. The lowest BCUT2D eigenvalue weighted by molar-refractivity contribution is -0.137. The minimum atomic E-state index is -4.41. The van der Waals surface area contributed by atoms with E-state index in [1.807, 2.05) is 47.9 Å². The second-order valence-corrected chi connectivity index (χ2v) is 11.3. The van der Waals surface area contributed by atoms with E-state index >= 15 is 0 Å². The summed E-state index contributed by atoms with van der Waals surface area (Å²) in [6, 6.07) is 19.6. The Kier molecular flexibility index (Phi) is 12.7. The van der Waals surface area contributed by atoms with E-state index in [2.05, 4.69) is 10.8 Å². The van der Waals surface area contributed by atoms with Crippen molar-refractivity contribution in [2.24, 2.45) is 5.73 Å². The summed E-state index contributed by atoms with van der Waals surface area (Å²) in [5, 5.41) is 4.12. The number of hydroxylamine groups is 1. The third kappa shape index (κ3) is 9.13. The molecule has 0 radical (unpaired) electrons. The van der Waals surface area contributed by atoms with E-state index in [1.54, 1.807) is 18.2 Å². The van der Waals surface area contributed by atoms with Crippen molar-refractivity contribution in [2.75, 3.05) is 19.7 Å². The number of carbonyl (C=O) groups excluding carboxylic acids is 1. The molecule has 0 fully saturated rings. The van der Waals surface area contributed by atoms with Crippen LogP contribution in [-0.4, -0.2) is 35.2 Å². The van der Waals surface area contributed by atoms with Crippen molar-refractivity contribution in [3.63, 3.8) is 0 Å². The molecule has 12 heteroatoms. The molecule has 0 unspecified atom stereocenters. The van der Waals surface area contributed by atoms with Crippen LogP contribution in [0.2, 0.25) is 10.0 Å². The van der Waals surface area contributed by atoms with E-state index < -0.39 is 11.7 Å². The van der Waals surface area contributed by atoms with Gasteiger partial charge >= 0.3 is 6.18 Å². The lowest BCUT2D eigenvalue weighted by atomic mass is 10.1. The number of halogens is 5. The smallest absolute Gasteiger partial charge is 0.351 e. The van der Waals surface area contributed by atoms with Crippen molar-refractivity contribution < 1.29 is 22.8 Å². The number of alkyl halides is 3. The molecule has 0 aliphatic heterocycles. The number of amides is 1. The first-order valence-electron chi connectivity index (χ1n) is 15.0. The molecular formula is C34H36Cl2F3N5O2. The van der Waals surface area contributed by atoms with Gasteiger partial charge in [-0.1, -0.05) is 66.9 Å². The number of hydrogen-bond donors (Lipinski definition) is 3. The Morgan fingerprint density at radius 2 is 1.72 bits per heavy atom. The average molecular weight is 675 g/mol. The fraction of sp³-hybridized carbons (Fsp3) is 0.294. The van der Waals surface area contributed by atoms with Crippen molar-refractivity contribution >= 4 is 34.8 Å². The molecule has 4 N–H and O–H groups in total. The molecule has 0 aliphatic carbocycles. The number of benzene rings is 3. The number of nitrogens with one attached hydrogen (secondary N) is 2. The van der Waals surface area contributed by atoms with Crippen molar-refractivity contribution in [3.8, 4) is 17.1 Å². The number of hydrogen-bond acceptors (Lipinski definition) is 5. The first kappa shape index (κ1) is 35.0. The quantitative estimate of drug-likeness (QED) is 0.0873. The predicted molar refractivity (Wildman–Crippen MR) is 177 cm³/mol. The molecule has 7 nitrogen and oxygen atoms in total. The Hall–Kier alpha value is -3.83. The maximum absolute atomic E-state index is 13.4. The second kappa shape index (κ2) is 16.6. The van der Waals surface area contributed by atoms with E-state index in [-0.39, 0.29) is 12.5 Å². The molecule has 3 aromatic carbocycles. The fourth-order valence-electron chi connectivity index (χ4n) is 4.88. The van der Waals surface area contributed by atoms with Crippen LogP contribution in [0.15, 0.2) is 78.9 Å². The van der Waals surface area contributed by atoms with Crippen molar-refractivity contribution in [3.05, 3.63) is 111 Å². The van der Waals surface area contributed by atoms with Gasteiger partial charge in [0.25, 0.3) is 5.91 Å². The maximum atomic E-state index is 13.4. The molecule has 46 heavy (non-hydrogen) atoms. The standard InChI is InChI=1S/C34H36Cl2F3N5O2/c1-2-30-31(42-32(27-9-6-7-10-28(27)36)44(30)26-18-16-25(35)17-19-26)33(45)41-21-8-4-3-5-11-29(43-46-22-20-40)23-12-14-24(15-13-23)34(37,38)39/h6-7,9-19,43H,2-5,8,20-22,40H2,1H3,(H,41,45). The highest BCUT2D eigenvalue weighted by Crippen LogP contribution is 2.33. The number of rotatable bonds is 15. The molecule has 0 bridgehead atoms. The lowest BCUT2D eigenvalue weighted by Crippen LogP contribution is -2.26. The molecule has 4 rings (SSSR count). The summed E-state index contributed by atoms with van der Waals surface area (Å²) in [5.74, 6) is 0.290. The number of aromatic nitrogens is 2. The van der Waals surface area contributed by atoms with Crippen molar-refractivity contribution in [1.29, 1.82) is 0 Å². The minimum Gasteiger partial charge on any atom is -0.351 e. The van der Waals surface area contributed by atoms with Crippen LogP contribution in [0.1, 0.15) is 59.9 Å². The minimum absolute atomic E-state index is 0.245. The number of imidazole rings is 1. The summed E-state index contributed by atoms with van der Waals surface area (Å²) in [7, 11) is 0. The third-order valence-electron chi connectivity index (χ3n) is 7.16. The van der Waals surface area contributed by atoms with Gasteiger partial charge in [0.15, 0.2) is 0 Å². The van der Waals surface area contributed by atoms with Crippen LogP contribution in [-0.2, 0) is 17.4 Å². The van der Waals surface area contributed by atoms with Gasteiger partial charge < -0.3 is 11.1 Å². The van der Waals surface area contributed by atoms with Gasteiger partial charge in [0.05, 0.1) is 28.6 Å². The molecule has 1 aromatic heterocycles. The molecule has 244 valence electrons. The van der Waals surface area contributed by atoms with Crippen LogP contribution in [0.5, 0.6) is 0 Å². The van der Waals surface area contributed by atoms with Crippen LogP contribution in [0, 0.1) is 0 Å². The lowest BCUT2D eigenvalue weighted by Gasteiger charge is -2.13. The zero-order chi connectivity index (χ0) is 33.1. The van der Waals surface area contributed by atoms with Gasteiger partial charge in [-0.3, -0.25) is 19.7 Å². The van der Waals surface area contributed by atoms with Gasteiger partial charge in [-0.25, -0.2) is 4.98 Å². The van der Waals surface area contributed by atoms with Crippen LogP contribution in [0.25, 0.3) is 22.8 Å². The second-order valence-electron chi connectivity index (χ2n) is 10.4. The third-order valence-corrected chi connectivity index (χ3v) is 7.74. The summed E-state index contributed by atoms with van der Waals surface area (Å²) < 4.78 is 40.9. The van der Waals surface area contributed by atoms with Gasteiger partial charge in [-0.2, -0.15) is 13.2 Å².